The molecule has 0 aromatic heterocycles. The second-order valence-corrected chi connectivity index (χ2v) is 7.27. The third-order valence-electron chi connectivity index (χ3n) is 4.48. The van der Waals surface area contributed by atoms with Crippen LogP contribution in [0.3, 0.4) is 0 Å². The minimum Gasteiger partial charge on any atom is -0.388 e. The summed E-state index contributed by atoms with van der Waals surface area (Å²) < 4.78 is 11.4. The van der Waals surface area contributed by atoms with Crippen LogP contribution in [-0.2, 0) is 9.47 Å². The number of hydrogen-bond acceptors (Lipinski definition) is 4. The Morgan fingerprint density at radius 3 is 1.15 bits per heavy atom. The van der Waals surface area contributed by atoms with Gasteiger partial charge < -0.3 is 19.7 Å². The molecule has 2 N–H and O–H groups in total. The Morgan fingerprint density at radius 2 is 0.950 bits per heavy atom. The maximum atomic E-state index is 9.94. The lowest BCUT2D eigenvalue weighted by atomic mass is 9.94. The first-order chi connectivity index (χ1) is 8.90. The molecule has 122 valence electrons. The van der Waals surface area contributed by atoms with Gasteiger partial charge in [-0.05, 0) is 39.5 Å². The van der Waals surface area contributed by atoms with Crippen molar-refractivity contribution in [3.05, 3.63) is 0 Å². The first kappa shape index (κ1) is 19.8. The van der Waals surface area contributed by atoms with E-state index in [0.29, 0.717) is 11.8 Å². The number of rotatable bonds is 9. The van der Waals surface area contributed by atoms with E-state index in [1.54, 1.807) is 0 Å². The van der Waals surface area contributed by atoms with Gasteiger partial charge in [0.15, 0.2) is 0 Å². The Bertz CT molecular complexity index is 244. The van der Waals surface area contributed by atoms with Crippen molar-refractivity contribution in [2.24, 2.45) is 11.8 Å². The number of aliphatic hydroxyl groups is 2. The normalized spacial score (nSPS) is 16.8. The molecule has 2 atom stereocenters. The van der Waals surface area contributed by atoms with Crippen molar-refractivity contribution in [1.29, 1.82) is 0 Å². The van der Waals surface area contributed by atoms with Gasteiger partial charge in [-0.25, -0.2) is 0 Å². The van der Waals surface area contributed by atoms with Crippen molar-refractivity contribution in [2.45, 2.75) is 78.8 Å². The molecule has 0 saturated heterocycles. The van der Waals surface area contributed by atoms with Crippen LogP contribution in [0.4, 0.5) is 0 Å². The van der Waals surface area contributed by atoms with Crippen molar-refractivity contribution in [3.63, 3.8) is 0 Å². The standard InChI is InChI=1S/C16H34O4/c1-11(2)15(5,6)19-9-13(17)14(18)10-20-16(7,8)12(3)4/h11-14,17-18H,9-10H2,1-8H3/t13-,14-/m0/s1. The van der Waals surface area contributed by atoms with Crippen LogP contribution < -0.4 is 0 Å². The minimum absolute atomic E-state index is 0.109. The van der Waals surface area contributed by atoms with Gasteiger partial charge in [-0.3, -0.25) is 0 Å². The van der Waals surface area contributed by atoms with Crippen LogP contribution in [0.1, 0.15) is 55.4 Å². The van der Waals surface area contributed by atoms with Crippen LogP contribution in [0.25, 0.3) is 0 Å². The van der Waals surface area contributed by atoms with Crippen LogP contribution in [0.15, 0.2) is 0 Å². The number of ether oxygens (including phenoxy) is 2. The van der Waals surface area contributed by atoms with Gasteiger partial charge in [0.2, 0.25) is 0 Å². The van der Waals surface area contributed by atoms with Crippen molar-refractivity contribution in [3.8, 4) is 0 Å². The van der Waals surface area contributed by atoms with E-state index < -0.39 is 12.2 Å². The van der Waals surface area contributed by atoms with E-state index in [1.807, 2.05) is 27.7 Å². The third kappa shape index (κ3) is 6.53. The van der Waals surface area contributed by atoms with E-state index >= 15 is 0 Å². The molecule has 0 radical (unpaired) electrons. The van der Waals surface area contributed by atoms with Gasteiger partial charge in [0.25, 0.3) is 0 Å². The van der Waals surface area contributed by atoms with Gasteiger partial charge in [0.1, 0.15) is 12.2 Å². The summed E-state index contributed by atoms with van der Waals surface area (Å²) in [6, 6.07) is 0. The molecule has 0 rings (SSSR count). The Balaban J connectivity index is 4.20. The van der Waals surface area contributed by atoms with E-state index in [4.69, 9.17) is 9.47 Å². The lowest BCUT2D eigenvalue weighted by Gasteiger charge is -2.33. The van der Waals surface area contributed by atoms with Crippen molar-refractivity contribution >= 4 is 0 Å². The van der Waals surface area contributed by atoms with Crippen LogP contribution in [0.5, 0.6) is 0 Å². The highest BCUT2D eigenvalue weighted by Gasteiger charge is 2.28. The fourth-order valence-electron chi connectivity index (χ4n) is 1.16. The second kappa shape index (κ2) is 7.74. The first-order valence-corrected chi connectivity index (χ1v) is 7.54. The summed E-state index contributed by atoms with van der Waals surface area (Å²) >= 11 is 0. The summed E-state index contributed by atoms with van der Waals surface area (Å²) in [4.78, 5) is 0. The maximum absolute atomic E-state index is 9.94. The molecule has 0 aliphatic rings. The fourth-order valence-corrected chi connectivity index (χ4v) is 1.16. The highest BCUT2D eigenvalue weighted by molar-refractivity contribution is 4.77. The number of aliphatic hydroxyl groups excluding tert-OH is 2. The summed E-state index contributed by atoms with van der Waals surface area (Å²) in [5.74, 6) is 0.672. The lowest BCUT2D eigenvalue weighted by molar-refractivity contribution is -0.141. The smallest absolute Gasteiger partial charge is 0.105 e. The van der Waals surface area contributed by atoms with Gasteiger partial charge in [-0.2, -0.15) is 0 Å². The summed E-state index contributed by atoms with van der Waals surface area (Å²) in [5.41, 5.74) is -0.641. The SMILES string of the molecule is CC(C)C(C)(C)OC[C@H](O)[C@@H](O)COC(C)(C)C(C)C. The van der Waals surface area contributed by atoms with Crippen LogP contribution in [0, 0.1) is 11.8 Å². The highest BCUT2D eigenvalue weighted by Crippen LogP contribution is 2.22. The predicted molar refractivity (Wildman–Crippen MR) is 81.8 cm³/mol. The molecule has 0 spiro atoms. The molecule has 0 unspecified atom stereocenters. The Kier molecular flexibility index (Phi) is 7.67. The summed E-state index contributed by atoms with van der Waals surface area (Å²) in [5, 5.41) is 19.9. The zero-order chi connectivity index (χ0) is 16.1. The molecule has 0 fully saturated rings. The van der Waals surface area contributed by atoms with Crippen LogP contribution in [-0.4, -0.2) is 46.8 Å². The lowest BCUT2D eigenvalue weighted by Crippen LogP contribution is -2.42. The van der Waals surface area contributed by atoms with Crippen molar-refractivity contribution in [1.82, 2.24) is 0 Å². The van der Waals surface area contributed by atoms with E-state index in [9.17, 15) is 10.2 Å². The molecule has 4 nitrogen and oxygen atoms in total. The van der Waals surface area contributed by atoms with E-state index in [-0.39, 0.29) is 24.4 Å². The highest BCUT2D eigenvalue weighted by atomic mass is 16.5. The molecule has 0 amide bonds. The van der Waals surface area contributed by atoms with E-state index in [0.717, 1.165) is 0 Å². The van der Waals surface area contributed by atoms with Crippen LogP contribution >= 0.6 is 0 Å². The molecular formula is C16H34O4. The molecule has 20 heavy (non-hydrogen) atoms. The van der Waals surface area contributed by atoms with Gasteiger partial charge >= 0.3 is 0 Å². The molecule has 4 heteroatoms. The minimum atomic E-state index is -0.934. The Morgan fingerprint density at radius 1 is 0.700 bits per heavy atom. The average molecular weight is 290 g/mol. The quantitative estimate of drug-likeness (QED) is 0.685. The summed E-state index contributed by atoms with van der Waals surface area (Å²) in [6.45, 7) is 16.4. The topological polar surface area (TPSA) is 58.9 Å². The van der Waals surface area contributed by atoms with Crippen molar-refractivity contribution in [2.75, 3.05) is 13.2 Å². The molecule has 0 aromatic carbocycles. The molecule has 0 aliphatic carbocycles. The van der Waals surface area contributed by atoms with Gasteiger partial charge in [0.05, 0.1) is 24.4 Å². The summed E-state index contributed by atoms with van der Waals surface area (Å²) in [7, 11) is 0. The predicted octanol–water partition coefficient (Wildman–Crippen LogP) is 2.61. The molecular weight excluding hydrogens is 256 g/mol. The van der Waals surface area contributed by atoms with Gasteiger partial charge in [-0.15, -0.1) is 0 Å². The van der Waals surface area contributed by atoms with E-state index in [1.165, 1.54) is 0 Å². The second-order valence-electron chi connectivity index (χ2n) is 7.27. The van der Waals surface area contributed by atoms with Gasteiger partial charge in [0, 0.05) is 0 Å². The Labute approximate surface area is 124 Å². The van der Waals surface area contributed by atoms with E-state index in [2.05, 4.69) is 27.7 Å². The van der Waals surface area contributed by atoms with Gasteiger partial charge in [-0.1, -0.05) is 27.7 Å². The zero-order valence-electron chi connectivity index (χ0n) is 14.4. The monoisotopic (exact) mass is 290 g/mol. The third-order valence-corrected chi connectivity index (χ3v) is 4.48. The molecule has 0 aromatic rings. The first-order valence-electron chi connectivity index (χ1n) is 7.54. The van der Waals surface area contributed by atoms with Crippen molar-refractivity contribution < 1.29 is 19.7 Å². The Hall–Kier alpha value is -0.160. The molecule has 0 bridgehead atoms. The maximum Gasteiger partial charge on any atom is 0.105 e. The average Bonchev–Trinajstić information content (AvgIpc) is 2.32. The number of hydrogen-bond donors (Lipinski definition) is 2. The largest absolute Gasteiger partial charge is 0.388 e. The fraction of sp³-hybridized carbons (Fsp3) is 1.00. The zero-order valence-corrected chi connectivity index (χ0v) is 14.4. The molecule has 0 heterocycles. The molecule has 0 saturated carbocycles. The molecule has 0 aliphatic heterocycles. The summed E-state index contributed by atoms with van der Waals surface area (Å²) in [6.07, 6.45) is -1.87. The van der Waals surface area contributed by atoms with Crippen LogP contribution in [0.2, 0.25) is 0 Å².